The number of carbonyl (C=O) groups is 2. The third kappa shape index (κ3) is 2.72. The van der Waals surface area contributed by atoms with Crippen LogP contribution in [0.3, 0.4) is 0 Å². The molecule has 1 aliphatic rings. The fourth-order valence-corrected chi connectivity index (χ4v) is 3.83. The Morgan fingerprint density at radius 2 is 1.64 bits per heavy atom. The summed E-state index contributed by atoms with van der Waals surface area (Å²) in [7, 11) is 0. The van der Waals surface area contributed by atoms with Crippen LogP contribution in [0.25, 0.3) is 0 Å². The van der Waals surface area contributed by atoms with Crippen molar-refractivity contribution in [2.45, 2.75) is 5.37 Å². The summed E-state index contributed by atoms with van der Waals surface area (Å²) in [6, 6.07) is 16.0. The van der Waals surface area contributed by atoms with Crippen LogP contribution < -0.4 is 5.11 Å². The fraction of sp³-hybridized carbons (Fsp3) is 0.176. The first-order valence-corrected chi connectivity index (χ1v) is 8.01. The first kappa shape index (κ1) is 14.7. The molecule has 1 aliphatic heterocycles. The van der Waals surface area contributed by atoms with Gasteiger partial charge in [0.2, 0.25) is 0 Å². The van der Waals surface area contributed by atoms with Crippen molar-refractivity contribution in [3.63, 3.8) is 0 Å². The molecule has 0 N–H and O–H groups in total. The van der Waals surface area contributed by atoms with Crippen LogP contribution in [-0.2, 0) is 0 Å². The maximum atomic E-state index is 12.8. The van der Waals surface area contributed by atoms with Gasteiger partial charge in [0.05, 0.1) is 5.97 Å². The Bertz CT molecular complexity index is 702. The molecule has 22 heavy (non-hydrogen) atoms. The van der Waals surface area contributed by atoms with E-state index in [9.17, 15) is 14.7 Å². The van der Waals surface area contributed by atoms with E-state index in [0.717, 1.165) is 11.3 Å². The fourth-order valence-electron chi connectivity index (χ4n) is 2.57. The SMILES string of the molecule is O=C([O-])c1ccccc1C(=O)N1CCS[C@@H]1c1ccccc1. The lowest BCUT2D eigenvalue weighted by atomic mass is 10.1. The maximum absolute atomic E-state index is 12.8. The van der Waals surface area contributed by atoms with Gasteiger partial charge in [-0.3, -0.25) is 4.79 Å². The quantitative estimate of drug-likeness (QED) is 0.869. The van der Waals surface area contributed by atoms with E-state index in [1.807, 2.05) is 30.3 Å². The Kier molecular flexibility index (Phi) is 4.15. The van der Waals surface area contributed by atoms with Gasteiger partial charge in [-0.2, -0.15) is 0 Å². The number of nitrogens with zero attached hydrogens (tertiary/aromatic N) is 1. The van der Waals surface area contributed by atoms with Crippen molar-refractivity contribution in [1.82, 2.24) is 4.90 Å². The molecule has 0 saturated carbocycles. The lowest BCUT2D eigenvalue weighted by Gasteiger charge is -2.25. The van der Waals surface area contributed by atoms with Crippen LogP contribution in [0.2, 0.25) is 0 Å². The molecule has 1 fully saturated rings. The molecule has 3 rings (SSSR count). The van der Waals surface area contributed by atoms with Gasteiger partial charge >= 0.3 is 0 Å². The number of carboxylic acid groups (broad SMARTS) is 1. The zero-order chi connectivity index (χ0) is 15.5. The zero-order valence-corrected chi connectivity index (χ0v) is 12.6. The normalized spacial score (nSPS) is 17.5. The van der Waals surface area contributed by atoms with Crippen molar-refractivity contribution in [3.8, 4) is 0 Å². The molecule has 1 heterocycles. The summed E-state index contributed by atoms with van der Waals surface area (Å²) >= 11 is 1.68. The Labute approximate surface area is 132 Å². The van der Waals surface area contributed by atoms with E-state index >= 15 is 0 Å². The summed E-state index contributed by atoms with van der Waals surface area (Å²) in [5, 5.41) is 11.1. The summed E-state index contributed by atoms with van der Waals surface area (Å²) < 4.78 is 0. The van der Waals surface area contributed by atoms with E-state index < -0.39 is 5.97 Å². The number of hydrogen-bond acceptors (Lipinski definition) is 4. The zero-order valence-electron chi connectivity index (χ0n) is 11.8. The van der Waals surface area contributed by atoms with Crippen LogP contribution >= 0.6 is 11.8 Å². The summed E-state index contributed by atoms with van der Waals surface area (Å²) in [5.74, 6) is -0.760. The van der Waals surface area contributed by atoms with Crippen molar-refractivity contribution in [1.29, 1.82) is 0 Å². The van der Waals surface area contributed by atoms with Gasteiger partial charge in [0.15, 0.2) is 0 Å². The Morgan fingerprint density at radius 3 is 2.32 bits per heavy atom. The number of thioether (sulfide) groups is 1. The van der Waals surface area contributed by atoms with E-state index in [-0.39, 0.29) is 22.4 Å². The number of hydrogen-bond donors (Lipinski definition) is 0. The Morgan fingerprint density at radius 1 is 1.00 bits per heavy atom. The summed E-state index contributed by atoms with van der Waals surface area (Å²) in [6.45, 7) is 0.602. The first-order valence-electron chi connectivity index (χ1n) is 6.96. The third-order valence-corrected chi connectivity index (χ3v) is 4.87. The standard InChI is InChI=1S/C17H15NO3S/c19-15(13-8-4-5-9-14(13)17(20)21)18-10-11-22-16(18)12-6-2-1-3-7-12/h1-9,16H,10-11H2,(H,20,21)/p-1/t16-/m1/s1. The Hall–Kier alpha value is -2.27. The predicted octanol–water partition coefficient (Wildman–Crippen LogP) is 1.94. The monoisotopic (exact) mass is 312 g/mol. The van der Waals surface area contributed by atoms with Crippen molar-refractivity contribution in [3.05, 3.63) is 71.3 Å². The van der Waals surface area contributed by atoms with Crippen LogP contribution in [0, 0.1) is 0 Å². The van der Waals surface area contributed by atoms with E-state index in [2.05, 4.69) is 0 Å². The Balaban J connectivity index is 1.93. The molecular weight excluding hydrogens is 298 g/mol. The smallest absolute Gasteiger partial charge is 0.255 e. The van der Waals surface area contributed by atoms with Gasteiger partial charge in [0.1, 0.15) is 5.37 Å². The molecule has 2 aromatic carbocycles. The molecule has 2 aromatic rings. The lowest BCUT2D eigenvalue weighted by molar-refractivity contribution is -0.255. The minimum Gasteiger partial charge on any atom is -0.545 e. The highest BCUT2D eigenvalue weighted by Gasteiger charge is 2.32. The summed E-state index contributed by atoms with van der Waals surface area (Å²) in [5.41, 5.74) is 1.17. The van der Waals surface area contributed by atoms with E-state index in [4.69, 9.17) is 0 Å². The van der Waals surface area contributed by atoms with E-state index in [0.29, 0.717) is 6.54 Å². The second-order valence-electron chi connectivity index (χ2n) is 4.97. The minimum atomic E-state index is -1.33. The van der Waals surface area contributed by atoms with Gasteiger partial charge in [-0.05, 0) is 11.6 Å². The molecule has 1 saturated heterocycles. The van der Waals surface area contributed by atoms with Crippen LogP contribution in [0.5, 0.6) is 0 Å². The summed E-state index contributed by atoms with van der Waals surface area (Å²) in [6.07, 6.45) is 0. The maximum Gasteiger partial charge on any atom is 0.255 e. The molecule has 1 atom stereocenters. The molecule has 0 unspecified atom stereocenters. The average molecular weight is 312 g/mol. The number of amides is 1. The molecule has 0 bridgehead atoms. The number of rotatable bonds is 3. The van der Waals surface area contributed by atoms with Crippen LogP contribution in [0.1, 0.15) is 31.7 Å². The third-order valence-electron chi connectivity index (χ3n) is 3.61. The molecular formula is C17H14NO3S-. The largest absolute Gasteiger partial charge is 0.545 e. The van der Waals surface area contributed by atoms with Crippen LogP contribution in [-0.4, -0.2) is 29.1 Å². The van der Waals surface area contributed by atoms with E-state index in [1.54, 1.807) is 34.9 Å². The lowest BCUT2D eigenvalue weighted by Crippen LogP contribution is -2.33. The van der Waals surface area contributed by atoms with E-state index in [1.165, 1.54) is 6.07 Å². The second kappa shape index (κ2) is 6.23. The molecule has 0 aromatic heterocycles. The number of carboxylic acids is 1. The average Bonchev–Trinajstić information content (AvgIpc) is 3.04. The highest BCUT2D eigenvalue weighted by atomic mass is 32.2. The predicted molar refractivity (Wildman–Crippen MR) is 83.5 cm³/mol. The van der Waals surface area contributed by atoms with Crippen LogP contribution in [0.15, 0.2) is 54.6 Å². The van der Waals surface area contributed by atoms with Gasteiger partial charge in [0, 0.05) is 23.4 Å². The van der Waals surface area contributed by atoms with Crippen molar-refractivity contribution in [2.75, 3.05) is 12.3 Å². The number of carbonyl (C=O) groups excluding carboxylic acids is 2. The van der Waals surface area contributed by atoms with Gasteiger partial charge in [-0.15, -0.1) is 11.8 Å². The van der Waals surface area contributed by atoms with Crippen molar-refractivity contribution in [2.24, 2.45) is 0 Å². The molecule has 0 radical (unpaired) electrons. The molecule has 0 spiro atoms. The molecule has 4 nitrogen and oxygen atoms in total. The number of aromatic carboxylic acids is 1. The first-order chi connectivity index (χ1) is 10.7. The van der Waals surface area contributed by atoms with Gasteiger partial charge in [0.25, 0.3) is 5.91 Å². The summed E-state index contributed by atoms with van der Waals surface area (Å²) in [4.78, 5) is 25.7. The van der Waals surface area contributed by atoms with Crippen molar-refractivity contribution >= 4 is 23.6 Å². The highest BCUT2D eigenvalue weighted by molar-refractivity contribution is 7.99. The highest BCUT2D eigenvalue weighted by Crippen LogP contribution is 2.38. The number of benzene rings is 2. The molecule has 112 valence electrons. The molecule has 5 heteroatoms. The topological polar surface area (TPSA) is 60.4 Å². The minimum absolute atomic E-state index is 0.0591. The molecule has 1 amide bonds. The van der Waals surface area contributed by atoms with Gasteiger partial charge < -0.3 is 14.8 Å². The molecule has 0 aliphatic carbocycles. The second-order valence-corrected chi connectivity index (χ2v) is 6.15. The van der Waals surface area contributed by atoms with Gasteiger partial charge in [-0.1, -0.05) is 48.5 Å². The van der Waals surface area contributed by atoms with Gasteiger partial charge in [-0.25, -0.2) is 0 Å². The van der Waals surface area contributed by atoms with Crippen molar-refractivity contribution < 1.29 is 14.7 Å². The van der Waals surface area contributed by atoms with Crippen LogP contribution in [0.4, 0.5) is 0 Å².